The van der Waals surface area contributed by atoms with Crippen molar-refractivity contribution in [1.82, 2.24) is 0 Å². The van der Waals surface area contributed by atoms with Crippen LogP contribution in [0.15, 0.2) is 29.2 Å². The summed E-state index contributed by atoms with van der Waals surface area (Å²) in [6.45, 7) is 0. The molecule has 1 aromatic carbocycles. The molecule has 0 amide bonds. The summed E-state index contributed by atoms with van der Waals surface area (Å²) < 4.78 is 36.6. The molecule has 0 saturated heterocycles. The van der Waals surface area contributed by atoms with E-state index in [1.807, 2.05) is 0 Å². The molecule has 0 N–H and O–H groups in total. The van der Waals surface area contributed by atoms with Gasteiger partial charge in [0.25, 0.3) is 0 Å². The molecule has 0 aliphatic heterocycles. The summed E-state index contributed by atoms with van der Waals surface area (Å²) in [6, 6.07) is 5.71. The topological polar surface area (TPSA) is 17.1 Å². The monoisotopic (exact) mass is 302 g/mol. The van der Waals surface area contributed by atoms with Crippen LogP contribution < -0.4 is 0 Å². The summed E-state index contributed by atoms with van der Waals surface area (Å²) in [5.41, 5.74) is -3.77. The number of ketones is 1. The van der Waals surface area contributed by atoms with E-state index in [0.717, 1.165) is 6.42 Å². The summed E-state index contributed by atoms with van der Waals surface area (Å²) in [5.74, 6) is 0.680. The molecule has 1 aliphatic carbocycles. The summed E-state index contributed by atoms with van der Waals surface area (Å²) in [7, 11) is 0. The van der Waals surface area contributed by atoms with Gasteiger partial charge in [-0.1, -0.05) is 37.8 Å². The normalized spacial score (nSPS) is 16.6. The average molecular weight is 302 g/mol. The van der Waals surface area contributed by atoms with Crippen molar-refractivity contribution in [2.45, 2.75) is 48.9 Å². The van der Waals surface area contributed by atoms with Crippen molar-refractivity contribution in [1.29, 1.82) is 0 Å². The second-order valence-electron chi connectivity index (χ2n) is 5.18. The standard InChI is InChI=1S/C15H17F3OS/c16-15(17,18)20-13-8-6-12(7-9-13)14(19)10-5-11-3-1-2-4-11/h6-9,11H,1-5,10H2. The Hall–Kier alpha value is -0.970. The zero-order valence-electron chi connectivity index (χ0n) is 11.1. The number of alkyl halides is 3. The molecule has 1 nitrogen and oxygen atoms in total. The van der Waals surface area contributed by atoms with Gasteiger partial charge in [-0.3, -0.25) is 4.79 Å². The molecular formula is C15H17F3OS. The summed E-state index contributed by atoms with van der Waals surface area (Å²) in [5, 5.41) is 0. The quantitative estimate of drug-likeness (QED) is 0.531. The molecule has 5 heteroatoms. The van der Waals surface area contributed by atoms with Crippen molar-refractivity contribution < 1.29 is 18.0 Å². The first-order valence-electron chi connectivity index (χ1n) is 6.83. The molecule has 20 heavy (non-hydrogen) atoms. The SMILES string of the molecule is O=C(CCC1CCCC1)c1ccc(SC(F)(F)F)cc1. The highest BCUT2D eigenvalue weighted by atomic mass is 32.2. The highest BCUT2D eigenvalue weighted by molar-refractivity contribution is 8.00. The van der Waals surface area contributed by atoms with Crippen molar-refractivity contribution >= 4 is 17.5 Å². The first-order valence-corrected chi connectivity index (χ1v) is 7.65. The lowest BCUT2D eigenvalue weighted by atomic mass is 9.97. The van der Waals surface area contributed by atoms with Crippen LogP contribution in [-0.4, -0.2) is 11.3 Å². The van der Waals surface area contributed by atoms with Gasteiger partial charge < -0.3 is 0 Å². The molecule has 0 radical (unpaired) electrons. The summed E-state index contributed by atoms with van der Waals surface area (Å²) >= 11 is -0.156. The molecule has 0 spiro atoms. The van der Waals surface area contributed by atoms with Crippen LogP contribution in [0.5, 0.6) is 0 Å². The van der Waals surface area contributed by atoms with E-state index in [0.29, 0.717) is 17.9 Å². The van der Waals surface area contributed by atoms with E-state index in [9.17, 15) is 18.0 Å². The Kier molecular flexibility index (Phi) is 5.13. The maximum atomic E-state index is 12.2. The minimum Gasteiger partial charge on any atom is -0.294 e. The number of carbonyl (C=O) groups excluding carboxylic acids is 1. The number of benzene rings is 1. The van der Waals surface area contributed by atoms with Gasteiger partial charge in [0.2, 0.25) is 0 Å². The Bertz CT molecular complexity index is 447. The molecule has 1 fully saturated rings. The Labute approximate surface area is 120 Å². The molecule has 0 unspecified atom stereocenters. The van der Waals surface area contributed by atoms with Gasteiger partial charge >= 0.3 is 5.51 Å². The van der Waals surface area contributed by atoms with Gasteiger partial charge in [0, 0.05) is 16.9 Å². The van der Waals surface area contributed by atoms with Gasteiger partial charge in [0.15, 0.2) is 5.78 Å². The maximum Gasteiger partial charge on any atom is 0.446 e. The molecule has 1 saturated carbocycles. The Morgan fingerprint density at radius 2 is 1.75 bits per heavy atom. The number of rotatable bonds is 5. The number of hydrogen-bond acceptors (Lipinski definition) is 2. The Morgan fingerprint density at radius 1 is 1.15 bits per heavy atom. The van der Waals surface area contributed by atoms with Gasteiger partial charge in [-0.25, -0.2) is 0 Å². The number of halogens is 3. The van der Waals surface area contributed by atoms with Crippen molar-refractivity contribution in [2.24, 2.45) is 5.92 Å². The number of hydrogen-bond donors (Lipinski definition) is 0. The Balaban J connectivity index is 1.86. The highest BCUT2D eigenvalue weighted by Crippen LogP contribution is 2.36. The van der Waals surface area contributed by atoms with Gasteiger partial charge in [-0.05, 0) is 36.2 Å². The lowest BCUT2D eigenvalue weighted by Crippen LogP contribution is -2.03. The fourth-order valence-electron chi connectivity index (χ4n) is 2.62. The van der Waals surface area contributed by atoms with Crippen LogP contribution in [0.1, 0.15) is 48.9 Å². The number of Topliss-reactive ketones (excluding diaryl/α,β-unsaturated/α-hetero) is 1. The molecule has 1 aromatic rings. The van der Waals surface area contributed by atoms with E-state index in [4.69, 9.17) is 0 Å². The smallest absolute Gasteiger partial charge is 0.294 e. The second kappa shape index (κ2) is 6.66. The van der Waals surface area contributed by atoms with E-state index in [-0.39, 0.29) is 22.4 Å². The van der Waals surface area contributed by atoms with Crippen molar-refractivity contribution in [3.8, 4) is 0 Å². The fraction of sp³-hybridized carbons (Fsp3) is 0.533. The van der Waals surface area contributed by atoms with Crippen molar-refractivity contribution in [3.63, 3.8) is 0 Å². The largest absolute Gasteiger partial charge is 0.446 e. The predicted molar refractivity (Wildman–Crippen MR) is 73.9 cm³/mol. The summed E-state index contributed by atoms with van der Waals surface area (Å²) in [4.78, 5) is 12.1. The molecule has 1 aliphatic rings. The molecule has 0 bridgehead atoms. The van der Waals surface area contributed by atoms with Crippen LogP contribution >= 0.6 is 11.8 Å². The minimum absolute atomic E-state index is 0.0282. The molecule has 110 valence electrons. The molecule has 0 atom stereocenters. The first kappa shape index (κ1) is 15.4. The molecule has 0 heterocycles. The lowest BCUT2D eigenvalue weighted by molar-refractivity contribution is -0.0328. The second-order valence-corrected chi connectivity index (χ2v) is 6.32. The van der Waals surface area contributed by atoms with Crippen molar-refractivity contribution in [3.05, 3.63) is 29.8 Å². The van der Waals surface area contributed by atoms with Crippen molar-refractivity contribution in [2.75, 3.05) is 0 Å². The van der Waals surface area contributed by atoms with E-state index in [1.165, 1.54) is 49.9 Å². The van der Waals surface area contributed by atoms with Crippen LogP contribution in [0.4, 0.5) is 13.2 Å². The number of thioether (sulfide) groups is 1. The first-order chi connectivity index (χ1) is 9.44. The summed E-state index contributed by atoms with van der Waals surface area (Å²) in [6.07, 6.45) is 6.31. The maximum absolute atomic E-state index is 12.2. The van der Waals surface area contributed by atoms with E-state index in [2.05, 4.69) is 0 Å². The zero-order chi connectivity index (χ0) is 14.6. The van der Waals surface area contributed by atoms with Crippen LogP contribution in [0.3, 0.4) is 0 Å². The third kappa shape index (κ3) is 4.85. The predicted octanol–water partition coefficient (Wildman–Crippen LogP) is 5.45. The molecular weight excluding hydrogens is 285 g/mol. The van der Waals surface area contributed by atoms with E-state index >= 15 is 0 Å². The molecule has 2 rings (SSSR count). The van der Waals surface area contributed by atoms with Crippen LogP contribution in [-0.2, 0) is 0 Å². The van der Waals surface area contributed by atoms with E-state index in [1.54, 1.807) is 0 Å². The van der Waals surface area contributed by atoms with Gasteiger partial charge in [-0.2, -0.15) is 13.2 Å². The van der Waals surface area contributed by atoms with Crippen LogP contribution in [0, 0.1) is 5.92 Å². The number of carbonyl (C=O) groups is 1. The van der Waals surface area contributed by atoms with Gasteiger partial charge in [0.05, 0.1) is 0 Å². The lowest BCUT2D eigenvalue weighted by Gasteiger charge is -2.08. The third-order valence-corrected chi connectivity index (χ3v) is 4.40. The van der Waals surface area contributed by atoms with E-state index < -0.39 is 5.51 Å². The minimum atomic E-state index is -4.28. The average Bonchev–Trinajstić information content (AvgIpc) is 2.88. The van der Waals surface area contributed by atoms with Crippen LogP contribution in [0.25, 0.3) is 0 Å². The molecule has 0 aromatic heterocycles. The third-order valence-electron chi connectivity index (χ3n) is 3.66. The highest BCUT2D eigenvalue weighted by Gasteiger charge is 2.29. The zero-order valence-corrected chi connectivity index (χ0v) is 11.9. The van der Waals surface area contributed by atoms with Crippen LogP contribution in [0.2, 0.25) is 0 Å². The Morgan fingerprint density at radius 3 is 2.30 bits per heavy atom. The van der Waals surface area contributed by atoms with Gasteiger partial charge in [-0.15, -0.1) is 0 Å². The fourth-order valence-corrected chi connectivity index (χ4v) is 3.16. The van der Waals surface area contributed by atoms with Gasteiger partial charge in [0.1, 0.15) is 0 Å².